The van der Waals surface area contributed by atoms with E-state index in [2.05, 4.69) is 6.92 Å². The van der Waals surface area contributed by atoms with Gasteiger partial charge in [-0.1, -0.05) is 19.8 Å². The molecule has 0 unspecified atom stereocenters. The molecular formula is C10H18O2. The molecule has 0 aliphatic rings. The van der Waals surface area contributed by atoms with Crippen LogP contribution < -0.4 is 0 Å². The molecule has 0 aliphatic heterocycles. The Morgan fingerprint density at radius 1 is 1.25 bits per heavy atom. The monoisotopic (exact) mass is 170 g/mol. The van der Waals surface area contributed by atoms with E-state index in [9.17, 15) is 9.90 Å². The Labute approximate surface area is 74.3 Å². The predicted octanol–water partition coefficient (Wildman–Crippen LogP) is 2.99. The smallest absolute Gasteiger partial charge is 0.158 e. The van der Waals surface area contributed by atoms with Crippen LogP contribution in [0.2, 0.25) is 0 Å². The first kappa shape index (κ1) is 11.2. The molecule has 2 heteroatoms. The van der Waals surface area contributed by atoms with E-state index < -0.39 is 0 Å². The van der Waals surface area contributed by atoms with Crippen LogP contribution >= 0.6 is 0 Å². The van der Waals surface area contributed by atoms with Crippen LogP contribution in [0.3, 0.4) is 0 Å². The minimum atomic E-state index is -0.0380. The number of aliphatic hydroxyl groups excluding tert-OH is 1. The zero-order chi connectivity index (χ0) is 9.56. The van der Waals surface area contributed by atoms with E-state index in [0.717, 1.165) is 19.3 Å². The number of aliphatic hydroxyl groups is 1. The Hall–Kier alpha value is -0.790. The van der Waals surface area contributed by atoms with Crippen molar-refractivity contribution < 1.29 is 9.90 Å². The lowest BCUT2D eigenvalue weighted by molar-refractivity contribution is -0.113. The number of carbonyl (C=O) groups excluding carboxylic acids is 1. The summed E-state index contributed by atoms with van der Waals surface area (Å²) in [4.78, 5) is 10.8. The number of hydrogen-bond donors (Lipinski definition) is 1. The van der Waals surface area contributed by atoms with Crippen LogP contribution in [0, 0.1) is 0 Å². The van der Waals surface area contributed by atoms with Crippen LogP contribution in [0.15, 0.2) is 11.3 Å². The normalized spacial score (nSPS) is 12.6. The second-order valence-electron chi connectivity index (χ2n) is 3.08. The number of Topliss-reactive ketones (excluding diaryl/α,β-unsaturated/α-hetero) is 1. The quantitative estimate of drug-likeness (QED) is 0.391. The first-order valence-electron chi connectivity index (χ1n) is 4.49. The Morgan fingerprint density at radius 2 is 1.83 bits per heavy atom. The molecule has 0 fully saturated rings. The van der Waals surface area contributed by atoms with E-state index in [1.165, 1.54) is 6.92 Å². The van der Waals surface area contributed by atoms with Gasteiger partial charge in [0, 0.05) is 12.0 Å². The van der Waals surface area contributed by atoms with Crippen LogP contribution in [0.5, 0.6) is 0 Å². The van der Waals surface area contributed by atoms with Crippen molar-refractivity contribution >= 4 is 5.78 Å². The van der Waals surface area contributed by atoms with Crippen molar-refractivity contribution in [2.45, 2.75) is 46.5 Å². The highest BCUT2D eigenvalue weighted by molar-refractivity contribution is 5.92. The van der Waals surface area contributed by atoms with E-state index in [1.807, 2.05) is 0 Å². The fourth-order valence-corrected chi connectivity index (χ4v) is 0.933. The minimum Gasteiger partial charge on any atom is -0.512 e. The van der Waals surface area contributed by atoms with Gasteiger partial charge in [-0.15, -0.1) is 0 Å². The van der Waals surface area contributed by atoms with Crippen LogP contribution in [0.25, 0.3) is 0 Å². The SMILES string of the molecule is CCCCCC(O)=C(C)C(C)=O. The van der Waals surface area contributed by atoms with E-state index in [-0.39, 0.29) is 11.5 Å². The molecule has 0 rings (SSSR count). The van der Waals surface area contributed by atoms with Crippen LogP contribution in [0.1, 0.15) is 46.5 Å². The summed E-state index contributed by atoms with van der Waals surface area (Å²) in [6, 6.07) is 0. The maximum Gasteiger partial charge on any atom is 0.158 e. The molecule has 12 heavy (non-hydrogen) atoms. The van der Waals surface area contributed by atoms with Crippen molar-refractivity contribution in [2.24, 2.45) is 0 Å². The zero-order valence-electron chi connectivity index (χ0n) is 8.18. The molecule has 0 bridgehead atoms. The number of ketones is 1. The second kappa shape index (κ2) is 5.81. The van der Waals surface area contributed by atoms with Gasteiger partial charge in [0.1, 0.15) is 0 Å². The summed E-state index contributed by atoms with van der Waals surface area (Å²) >= 11 is 0. The lowest BCUT2D eigenvalue weighted by Crippen LogP contribution is -1.97. The number of unbranched alkanes of at least 4 members (excludes halogenated alkanes) is 2. The number of hydrogen-bond acceptors (Lipinski definition) is 2. The van der Waals surface area contributed by atoms with Gasteiger partial charge in [0.15, 0.2) is 5.78 Å². The first-order valence-corrected chi connectivity index (χ1v) is 4.49. The molecule has 0 aromatic carbocycles. The summed E-state index contributed by atoms with van der Waals surface area (Å²) in [5.74, 6) is 0.222. The van der Waals surface area contributed by atoms with Gasteiger partial charge in [-0.3, -0.25) is 4.79 Å². The first-order chi connectivity index (χ1) is 5.59. The molecule has 0 atom stereocenters. The van der Waals surface area contributed by atoms with Crippen LogP contribution in [0.4, 0.5) is 0 Å². The fourth-order valence-electron chi connectivity index (χ4n) is 0.933. The Kier molecular flexibility index (Phi) is 5.43. The Balaban J connectivity index is 3.91. The summed E-state index contributed by atoms with van der Waals surface area (Å²) in [6.45, 7) is 5.26. The van der Waals surface area contributed by atoms with Crippen LogP contribution in [-0.2, 0) is 4.79 Å². The van der Waals surface area contributed by atoms with E-state index in [0.29, 0.717) is 12.0 Å². The van der Waals surface area contributed by atoms with Gasteiger partial charge in [0.2, 0.25) is 0 Å². The molecule has 0 heterocycles. The topological polar surface area (TPSA) is 37.3 Å². The Morgan fingerprint density at radius 3 is 2.25 bits per heavy atom. The van der Waals surface area contributed by atoms with Gasteiger partial charge < -0.3 is 5.11 Å². The molecule has 0 amide bonds. The second-order valence-corrected chi connectivity index (χ2v) is 3.08. The summed E-state index contributed by atoms with van der Waals surface area (Å²) in [7, 11) is 0. The summed E-state index contributed by atoms with van der Waals surface area (Å²) < 4.78 is 0. The third kappa shape index (κ3) is 4.16. The molecule has 0 radical (unpaired) electrons. The van der Waals surface area contributed by atoms with E-state index >= 15 is 0 Å². The molecule has 70 valence electrons. The lowest BCUT2D eigenvalue weighted by Gasteiger charge is -2.02. The molecule has 0 saturated carbocycles. The predicted molar refractivity (Wildman–Crippen MR) is 50.2 cm³/mol. The molecular weight excluding hydrogens is 152 g/mol. The van der Waals surface area contributed by atoms with Gasteiger partial charge in [0.05, 0.1) is 5.76 Å². The third-order valence-corrected chi connectivity index (χ3v) is 1.98. The standard InChI is InChI=1S/C10H18O2/c1-4-5-6-7-10(12)8(2)9(3)11/h12H,4-7H2,1-3H3. The lowest BCUT2D eigenvalue weighted by atomic mass is 10.1. The average Bonchev–Trinajstić information content (AvgIpc) is 2.03. The number of carbonyl (C=O) groups is 1. The van der Waals surface area contributed by atoms with Gasteiger partial charge in [0.25, 0.3) is 0 Å². The van der Waals surface area contributed by atoms with Crippen molar-refractivity contribution in [3.63, 3.8) is 0 Å². The highest BCUT2D eigenvalue weighted by Gasteiger charge is 2.03. The average molecular weight is 170 g/mol. The molecule has 0 aromatic heterocycles. The maximum absolute atomic E-state index is 10.8. The summed E-state index contributed by atoms with van der Waals surface area (Å²) in [6.07, 6.45) is 3.84. The highest BCUT2D eigenvalue weighted by atomic mass is 16.3. The minimum absolute atomic E-state index is 0.0380. The van der Waals surface area contributed by atoms with Crippen molar-refractivity contribution in [1.82, 2.24) is 0 Å². The maximum atomic E-state index is 10.8. The fraction of sp³-hybridized carbons (Fsp3) is 0.700. The number of allylic oxidation sites excluding steroid dienone is 2. The van der Waals surface area contributed by atoms with Crippen molar-refractivity contribution in [1.29, 1.82) is 0 Å². The van der Waals surface area contributed by atoms with Gasteiger partial charge >= 0.3 is 0 Å². The highest BCUT2D eigenvalue weighted by Crippen LogP contribution is 2.10. The van der Waals surface area contributed by atoms with Gasteiger partial charge in [-0.25, -0.2) is 0 Å². The molecule has 0 aromatic rings. The van der Waals surface area contributed by atoms with Crippen molar-refractivity contribution in [3.8, 4) is 0 Å². The zero-order valence-corrected chi connectivity index (χ0v) is 8.18. The van der Waals surface area contributed by atoms with Gasteiger partial charge in [-0.05, 0) is 20.3 Å². The summed E-state index contributed by atoms with van der Waals surface area (Å²) in [5, 5.41) is 9.37. The van der Waals surface area contributed by atoms with E-state index in [4.69, 9.17) is 0 Å². The van der Waals surface area contributed by atoms with Crippen molar-refractivity contribution in [3.05, 3.63) is 11.3 Å². The van der Waals surface area contributed by atoms with E-state index in [1.54, 1.807) is 6.92 Å². The molecule has 0 aliphatic carbocycles. The van der Waals surface area contributed by atoms with Gasteiger partial charge in [-0.2, -0.15) is 0 Å². The van der Waals surface area contributed by atoms with Crippen molar-refractivity contribution in [2.75, 3.05) is 0 Å². The molecule has 2 nitrogen and oxygen atoms in total. The largest absolute Gasteiger partial charge is 0.512 e. The molecule has 1 N–H and O–H groups in total. The third-order valence-electron chi connectivity index (χ3n) is 1.98. The Bertz CT molecular complexity index is 180. The van der Waals surface area contributed by atoms with Crippen LogP contribution in [-0.4, -0.2) is 10.9 Å². The number of rotatable bonds is 5. The molecule has 0 saturated heterocycles. The molecule has 0 spiro atoms. The summed E-state index contributed by atoms with van der Waals surface area (Å²) in [5.41, 5.74) is 0.506.